The number of esters is 1. The third kappa shape index (κ3) is 4.74. The van der Waals surface area contributed by atoms with Crippen molar-refractivity contribution in [1.29, 1.82) is 0 Å². The molecule has 0 aliphatic carbocycles. The third-order valence-corrected chi connectivity index (χ3v) is 3.55. The predicted molar refractivity (Wildman–Crippen MR) is 68.9 cm³/mol. The highest BCUT2D eigenvalue weighted by molar-refractivity contribution is 5.69. The lowest BCUT2D eigenvalue weighted by Crippen LogP contribution is -2.17. The first-order valence-electron chi connectivity index (χ1n) is 6.93. The number of carbonyl (C=O) groups excluding carboxylic acids is 1. The molecule has 0 amide bonds. The van der Waals surface area contributed by atoms with Crippen LogP contribution in [0.4, 0.5) is 13.2 Å². The van der Waals surface area contributed by atoms with Crippen LogP contribution in [0, 0.1) is 23.4 Å². The Labute approximate surface area is 121 Å². The number of hydrogen-bond donors (Lipinski definition) is 0. The molecule has 1 aromatic rings. The average molecular weight is 302 g/mol. The van der Waals surface area contributed by atoms with Gasteiger partial charge >= 0.3 is 5.97 Å². The van der Waals surface area contributed by atoms with Crippen molar-refractivity contribution in [2.45, 2.75) is 32.3 Å². The second kappa shape index (κ2) is 7.45. The van der Waals surface area contributed by atoms with Crippen molar-refractivity contribution in [3.63, 3.8) is 0 Å². The van der Waals surface area contributed by atoms with Crippen LogP contribution in [0.2, 0.25) is 0 Å². The topological polar surface area (TPSA) is 35.5 Å². The molecule has 0 radical (unpaired) electrons. The summed E-state index contributed by atoms with van der Waals surface area (Å²) >= 11 is 0. The number of carbonyl (C=O) groups is 1. The monoisotopic (exact) mass is 302 g/mol. The summed E-state index contributed by atoms with van der Waals surface area (Å²) in [7, 11) is 0. The van der Waals surface area contributed by atoms with Crippen LogP contribution in [0.15, 0.2) is 12.1 Å². The highest BCUT2D eigenvalue weighted by Crippen LogP contribution is 2.21. The number of ether oxygens (including phenoxy) is 2. The number of rotatable bonds is 5. The summed E-state index contributed by atoms with van der Waals surface area (Å²) in [6.07, 6.45) is 2.72. The van der Waals surface area contributed by atoms with Gasteiger partial charge in [0.25, 0.3) is 0 Å². The zero-order chi connectivity index (χ0) is 15.2. The maximum Gasteiger partial charge on any atom is 0.306 e. The lowest BCUT2D eigenvalue weighted by Gasteiger charge is -2.21. The Morgan fingerprint density at radius 3 is 2.67 bits per heavy atom. The van der Waals surface area contributed by atoms with Gasteiger partial charge in [-0.3, -0.25) is 4.79 Å². The molecular formula is C15H17F3O3. The zero-order valence-corrected chi connectivity index (χ0v) is 11.5. The summed E-state index contributed by atoms with van der Waals surface area (Å²) in [5, 5.41) is 0. The first kappa shape index (κ1) is 15.8. The van der Waals surface area contributed by atoms with Crippen LogP contribution in [0.3, 0.4) is 0 Å². The standard InChI is InChI=1S/C15H17F3O3/c16-12-7-11(15(18)13(17)8-12)9-21-14(19)2-1-10-3-5-20-6-4-10/h7-8,10H,1-6,9H2. The van der Waals surface area contributed by atoms with Gasteiger partial charge < -0.3 is 9.47 Å². The fraction of sp³-hybridized carbons (Fsp3) is 0.533. The van der Waals surface area contributed by atoms with Crippen molar-refractivity contribution in [2.24, 2.45) is 5.92 Å². The van der Waals surface area contributed by atoms with Crippen molar-refractivity contribution in [3.8, 4) is 0 Å². The molecule has 1 aliphatic heterocycles. The summed E-state index contributed by atoms with van der Waals surface area (Å²) in [6, 6.07) is 1.27. The van der Waals surface area contributed by atoms with Gasteiger partial charge in [0, 0.05) is 31.3 Å². The molecule has 21 heavy (non-hydrogen) atoms. The summed E-state index contributed by atoms with van der Waals surface area (Å²) in [6.45, 7) is 0.939. The molecule has 2 rings (SSSR count). The van der Waals surface area contributed by atoms with E-state index >= 15 is 0 Å². The highest BCUT2D eigenvalue weighted by Gasteiger charge is 2.17. The molecule has 0 atom stereocenters. The van der Waals surface area contributed by atoms with Gasteiger partial charge in [0.05, 0.1) is 0 Å². The van der Waals surface area contributed by atoms with Crippen LogP contribution < -0.4 is 0 Å². The summed E-state index contributed by atoms with van der Waals surface area (Å²) < 4.78 is 49.4. The predicted octanol–water partition coefficient (Wildman–Crippen LogP) is 3.35. The van der Waals surface area contributed by atoms with Gasteiger partial charge in [-0.25, -0.2) is 13.2 Å². The van der Waals surface area contributed by atoms with Gasteiger partial charge in [-0.05, 0) is 31.2 Å². The van der Waals surface area contributed by atoms with Gasteiger partial charge in [-0.1, -0.05) is 0 Å². The van der Waals surface area contributed by atoms with Gasteiger partial charge in [0.1, 0.15) is 12.4 Å². The Morgan fingerprint density at radius 2 is 1.95 bits per heavy atom. The van der Waals surface area contributed by atoms with Crippen LogP contribution in [0.1, 0.15) is 31.2 Å². The minimum atomic E-state index is -1.29. The van der Waals surface area contributed by atoms with Crippen molar-refractivity contribution in [3.05, 3.63) is 35.1 Å². The molecule has 0 spiro atoms. The van der Waals surface area contributed by atoms with Crippen LogP contribution in [0.5, 0.6) is 0 Å². The Balaban J connectivity index is 1.78. The van der Waals surface area contributed by atoms with Gasteiger partial charge in [0.2, 0.25) is 0 Å². The Kier molecular flexibility index (Phi) is 5.61. The van der Waals surface area contributed by atoms with Crippen molar-refractivity contribution in [1.82, 2.24) is 0 Å². The highest BCUT2D eigenvalue weighted by atomic mass is 19.2. The Hall–Kier alpha value is -1.56. The second-order valence-corrected chi connectivity index (χ2v) is 5.12. The summed E-state index contributed by atoms with van der Waals surface area (Å²) in [4.78, 5) is 11.6. The maximum absolute atomic E-state index is 13.4. The Morgan fingerprint density at radius 1 is 1.24 bits per heavy atom. The van der Waals surface area contributed by atoms with E-state index in [4.69, 9.17) is 9.47 Å². The molecule has 3 nitrogen and oxygen atoms in total. The first-order valence-corrected chi connectivity index (χ1v) is 6.93. The molecule has 1 saturated heterocycles. The lowest BCUT2D eigenvalue weighted by atomic mass is 9.95. The van der Waals surface area contributed by atoms with E-state index in [-0.39, 0.29) is 12.0 Å². The van der Waals surface area contributed by atoms with Crippen molar-refractivity contribution < 1.29 is 27.4 Å². The largest absolute Gasteiger partial charge is 0.461 e. The molecular weight excluding hydrogens is 285 g/mol. The van der Waals surface area contributed by atoms with Crippen LogP contribution in [-0.2, 0) is 20.9 Å². The van der Waals surface area contributed by atoms with Crippen molar-refractivity contribution in [2.75, 3.05) is 13.2 Å². The van der Waals surface area contributed by atoms with Gasteiger partial charge in [-0.15, -0.1) is 0 Å². The summed E-state index contributed by atoms with van der Waals surface area (Å²) in [5.41, 5.74) is -0.299. The molecule has 1 aromatic carbocycles. The van der Waals surface area contributed by atoms with Crippen molar-refractivity contribution >= 4 is 5.97 Å². The van der Waals surface area contributed by atoms with E-state index in [1.165, 1.54) is 0 Å². The molecule has 1 aliphatic rings. The van der Waals surface area contributed by atoms with Gasteiger partial charge in [0.15, 0.2) is 11.6 Å². The lowest BCUT2D eigenvalue weighted by molar-refractivity contribution is -0.145. The summed E-state index contributed by atoms with van der Waals surface area (Å²) in [5.74, 6) is -3.45. The molecule has 6 heteroatoms. The minimum absolute atomic E-state index is 0.212. The molecule has 0 aromatic heterocycles. The fourth-order valence-electron chi connectivity index (χ4n) is 2.30. The van der Waals surface area contributed by atoms with E-state index in [0.717, 1.165) is 18.9 Å². The normalized spacial score (nSPS) is 16.0. The van der Waals surface area contributed by atoms with Crippen LogP contribution >= 0.6 is 0 Å². The molecule has 0 unspecified atom stereocenters. The van der Waals surface area contributed by atoms with E-state index in [1.807, 2.05) is 0 Å². The second-order valence-electron chi connectivity index (χ2n) is 5.12. The zero-order valence-electron chi connectivity index (χ0n) is 11.5. The van der Waals surface area contributed by atoms with Crippen LogP contribution in [0.25, 0.3) is 0 Å². The number of benzene rings is 1. The molecule has 116 valence electrons. The number of hydrogen-bond acceptors (Lipinski definition) is 3. The number of halogens is 3. The molecule has 1 fully saturated rings. The van der Waals surface area contributed by atoms with E-state index in [9.17, 15) is 18.0 Å². The van der Waals surface area contributed by atoms with Crippen LogP contribution in [-0.4, -0.2) is 19.2 Å². The average Bonchev–Trinajstić information content (AvgIpc) is 2.48. The quantitative estimate of drug-likeness (QED) is 0.618. The van der Waals surface area contributed by atoms with E-state index in [2.05, 4.69) is 0 Å². The minimum Gasteiger partial charge on any atom is -0.461 e. The van der Waals surface area contributed by atoms with E-state index in [1.54, 1.807) is 0 Å². The van der Waals surface area contributed by atoms with Gasteiger partial charge in [-0.2, -0.15) is 0 Å². The first-order chi connectivity index (χ1) is 10.1. The maximum atomic E-state index is 13.4. The molecule has 0 saturated carbocycles. The molecule has 1 heterocycles. The smallest absolute Gasteiger partial charge is 0.306 e. The third-order valence-electron chi connectivity index (χ3n) is 3.55. The van der Waals surface area contributed by atoms with E-state index in [0.29, 0.717) is 31.6 Å². The Bertz CT molecular complexity index is 499. The SMILES string of the molecule is O=C(CCC1CCOCC1)OCc1cc(F)cc(F)c1F. The molecule has 0 bridgehead atoms. The molecule has 0 N–H and O–H groups in total. The fourth-order valence-corrected chi connectivity index (χ4v) is 2.30. The van der Waals surface area contributed by atoms with E-state index < -0.39 is 30.0 Å².